The summed E-state index contributed by atoms with van der Waals surface area (Å²) in [6.45, 7) is -0.290. The molecule has 0 fully saturated rings. The average molecular weight is 913 g/mol. The molecule has 0 unspecified atom stereocenters. The van der Waals surface area contributed by atoms with Gasteiger partial charge in [-0.15, -0.1) is 0 Å². The van der Waals surface area contributed by atoms with E-state index in [0.29, 0.717) is 55.3 Å². The summed E-state index contributed by atoms with van der Waals surface area (Å²) >= 11 is 0. The lowest BCUT2D eigenvalue weighted by atomic mass is 9.88. The first-order valence-electron chi connectivity index (χ1n) is 20.8. The molecule has 6 N–H and O–H groups in total. The molecule has 2 aliphatic carbocycles. The van der Waals surface area contributed by atoms with Crippen molar-refractivity contribution in [2.45, 2.75) is 6.54 Å². The van der Waals surface area contributed by atoms with Crippen molar-refractivity contribution in [2.24, 2.45) is 4.99 Å². The van der Waals surface area contributed by atoms with Crippen molar-refractivity contribution < 1.29 is 53.2 Å². The van der Waals surface area contributed by atoms with Crippen molar-refractivity contribution in [1.29, 1.82) is 0 Å². The fourth-order valence-corrected chi connectivity index (χ4v) is 7.94. The number of fused-ring (bicyclic) bond motifs is 4. The molecule has 0 aromatic heterocycles. The van der Waals surface area contributed by atoms with E-state index in [1.165, 1.54) is 66.8 Å². The highest BCUT2D eigenvalue weighted by atomic mass is 16.4. The van der Waals surface area contributed by atoms with Crippen LogP contribution in [-0.4, -0.2) is 77.8 Å². The van der Waals surface area contributed by atoms with E-state index in [1.807, 2.05) is 49.3 Å². The van der Waals surface area contributed by atoms with Crippen molar-refractivity contribution in [3.8, 4) is 50.7 Å². The molecule has 4 aromatic carbocycles. The average Bonchev–Trinajstić information content (AvgIpc) is 3.32. The summed E-state index contributed by atoms with van der Waals surface area (Å²) in [6, 6.07) is 26.1. The lowest BCUT2D eigenvalue weighted by molar-refractivity contribution is -0.116. The number of rotatable bonds is 13. The predicted molar refractivity (Wildman–Crippen MR) is 254 cm³/mol. The van der Waals surface area contributed by atoms with Crippen LogP contribution in [0.1, 0.15) is 47.0 Å². The maximum Gasteiger partial charge on any atom is 0.336 e. The van der Waals surface area contributed by atoms with Gasteiger partial charge in [-0.25, -0.2) is 14.4 Å². The van der Waals surface area contributed by atoms with Gasteiger partial charge in [0.25, 0.3) is 5.91 Å². The number of allylic oxidation sites excluding steroid dienone is 2. The number of hydrogen-bond acceptors (Lipinski definition) is 11. The fraction of sp³-hybridized carbons (Fsp3) is 0.0962. The second-order valence-electron chi connectivity index (χ2n) is 15.7. The molecular formula is C52H40N4O12. The molecule has 0 radical (unpaired) electrons. The Morgan fingerprint density at radius 2 is 1.29 bits per heavy atom. The van der Waals surface area contributed by atoms with Crippen molar-refractivity contribution in [1.82, 2.24) is 10.6 Å². The summed E-state index contributed by atoms with van der Waals surface area (Å²) in [7, 11) is 5.47. The van der Waals surface area contributed by atoms with Crippen LogP contribution in [0.3, 0.4) is 0 Å². The van der Waals surface area contributed by atoms with Gasteiger partial charge in [0.15, 0.2) is 5.43 Å². The Balaban J connectivity index is 0.974. The number of phenols is 1. The first-order valence-corrected chi connectivity index (χ1v) is 20.8. The number of phenolic OH excluding ortho intramolecular Hbond substituents is 1. The highest BCUT2D eigenvalue weighted by molar-refractivity contribution is 6.11. The van der Waals surface area contributed by atoms with E-state index in [4.69, 9.17) is 8.83 Å². The third-order valence-electron chi connectivity index (χ3n) is 11.3. The van der Waals surface area contributed by atoms with Crippen LogP contribution in [-0.2, 0) is 11.3 Å². The number of carboxylic acids is 3. The van der Waals surface area contributed by atoms with Gasteiger partial charge < -0.3 is 44.8 Å². The molecular weight excluding hydrogens is 873 g/mol. The normalized spacial score (nSPS) is 11.8. The summed E-state index contributed by atoms with van der Waals surface area (Å²) in [4.78, 5) is 82.5. The molecule has 0 atom stereocenters. The Kier molecular flexibility index (Phi) is 12.4. The minimum absolute atomic E-state index is 0.00756. The maximum atomic E-state index is 13.3. The summed E-state index contributed by atoms with van der Waals surface area (Å²) in [5.74, 6) is -4.75. The van der Waals surface area contributed by atoms with Crippen LogP contribution < -0.4 is 26.3 Å². The summed E-state index contributed by atoms with van der Waals surface area (Å²) in [6.07, 6.45) is 5.67. The number of amides is 2. The molecule has 0 saturated heterocycles. The Bertz CT molecular complexity index is 3530. The number of nitrogens with one attached hydrogen (secondary N) is 2. The van der Waals surface area contributed by atoms with Gasteiger partial charge in [-0.2, -0.15) is 0 Å². The van der Waals surface area contributed by atoms with Crippen molar-refractivity contribution >= 4 is 57.3 Å². The van der Waals surface area contributed by atoms with Crippen molar-refractivity contribution in [3.63, 3.8) is 0 Å². The zero-order chi connectivity index (χ0) is 48.4. The third kappa shape index (κ3) is 8.88. The van der Waals surface area contributed by atoms with E-state index in [-0.39, 0.29) is 63.6 Å². The minimum Gasteiger partial charge on any atom is -0.508 e. The largest absolute Gasteiger partial charge is 0.508 e. The van der Waals surface area contributed by atoms with Crippen molar-refractivity contribution in [3.05, 3.63) is 171 Å². The van der Waals surface area contributed by atoms with E-state index in [9.17, 15) is 49.2 Å². The molecule has 340 valence electrons. The van der Waals surface area contributed by atoms with E-state index in [2.05, 4.69) is 15.6 Å². The first-order chi connectivity index (χ1) is 32.6. The maximum absolute atomic E-state index is 13.3. The van der Waals surface area contributed by atoms with Gasteiger partial charge in [-0.3, -0.25) is 19.4 Å². The van der Waals surface area contributed by atoms with Gasteiger partial charge in [0, 0.05) is 96.2 Å². The topological polar surface area (TPSA) is 249 Å². The van der Waals surface area contributed by atoms with Gasteiger partial charge in [-0.05, 0) is 83.9 Å². The first kappa shape index (κ1) is 45.3. The van der Waals surface area contributed by atoms with E-state index < -0.39 is 35.2 Å². The Morgan fingerprint density at radius 1 is 0.662 bits per heavy atom. The molecule has 8 rings (SSSR count). The van der Waals surface area contributed by atoms with Gasteiger partial charge in [0.1, 0.15) is 28.4 Å². The fourth-order valence-electron chi connectivity index (χ4n) is 7.94. The molecule has 16 nitrogen and oxygen atoms in total. The Hall–Kier alpha value is -9.31. The molecule has 0 spiro atoms. The van der Waals surface area contributed by atoms with Gasteiger partial charge in [0.05, 0.1) is 34.2 Å². The lowest BCUT2D eigenvalue weighted by Gasteiger charge is -2.19. The smallest absolute Gasteiger partial charge is 0.336 e. The number of hydrogen-bond donors (Lipinski definition) is 6. The highest BCUT2D eigenvalue weighted by Gasteiger charge is 2.27. The van der Waals surface area contributed by atoms with E-state index >= 15 is 0 Å². The number of carbonyl (C=O) groups is 5. The number of carboxylic acid groups (broad SMARTS) is 3. The Morgan fingerprint density at radius 3 is 1.97 bits per heavy atom. The molecule has 16 heteroatoms. The van der Waals surface area contributed by atoms with Crippen LogP contribution in [0, 0.1) is 0 Å². The van der Waals surface area contributed by atoms with Crippen LogP contribution in [0.2, 0.25) is 0 Å². The van der Waals surface area contributed by atoms with Crippen LogP contribution in [0.4, 0.5) is 5.69 Å². The standard InChI is InChI=1S/C52H40N4O12/c1-53-29-10-15-34-42(23-29)67-43-24-30(56(2)3)11-16-35(43)46(34)32-13-8-27(21-38(32)51(63)64)49(60)54-20-6-4-5-7-45(59)55-26-40-41(58)19-18-37-47(36-17-12-31(57)25-44(36)68-48(37)40)33-14-9-28(50(61)62)22-39(33)52(65)66/h4-19,21-25,57H,20,26H2,1-3H3,(H,54,60)(H,55,59)(H,61,62)(H,63,64)(H,65,66)/b6-4+,7-5+,53-29-. The lowest BCUT2D eigenvalue weighted by Crippen LogP contribution is -2.25. The number of carbonyl (C=O) groups excluding carboxylic acids is 2. The quantitative estimate of drug-likeness (QED) is 0.0370. The predicted octanol–water partition coefficient (Wildman–Crippen LogP) is 7.64. The SMILES string of the molecule is C/N=c1/ccc2c(-c3ccc(C(=O)NC/C=C/C=C/C(=O)NCc4c5oc6cc(O)ccc6c(-c6ccc(C(=O)O)cc6C(=O)O)c-5ccc4=O)cc3C(=O)O)c3ccc(N(C)C)cc3oc-2c1. The van der Waals surface area contributed by atoms with E-state index in [0.717, 1.165) is 11.8 Å². The molecule has 4 aliphatic rings. The highest BCUT2D eigenvalue weighted by Crippen LogP contribution is 2.44. The van der Waals surface area contributed by atoms with Gasteiger partial charge in [-0.1, -0.05) is 30.4 Å². The minimum atomic E-state index is -1.40. The zero-order valence-corrected chi connectivity index (χ0v) is 36.5. The van der Waals surface area contributed by atoms with Crippen LogP contribution in [0.5, 0.6) is 5.75 Å². The molecule has 0 saturated carbocycles. The molecule has 68 heavy (non-hydrogen) atoms. The number of aromatic hydroxyl groups is 1. The van der Waals surface area contributed by atoms with Crippen LogP contribution in [0.15, 0.2) is 146 Å². The van der Waals surface area contributed by atoms with Gasteiger partial charge in [0.2, 0.25) is 5.91 Å². The number of aromatic carboxylic acids is 3. The van der Waals surface area contributed by atoms with Crippen molar-refractivity contribution in [2.75, 3.05) is 32.6 Å². The van der Waals surface area contributed by atoms with Gasteiger partial charge >= 0.3 is 17.9 Å². The molecule has 2 amide bonds. The number of anilines is 1. The summed E-state index contributed by atoms with van der Waals surface area (Å²) in [5.41, 5.74) is 2.88. The number of nitrogens with zero attached hydrogens (tertiary/aromatic N) is 2. The molecule has 2 aliphatic heterocycles. The molecule has 2 heterocycles. The second-order valence-corrected chi connectivity index (χ2v) is 15.7. The van der Waals surface area contributed by atoms with E-state index in [1.54, 1.807) is 31.3 Å². The van der Waals surface area contributed by atoms with Crippen LogP contribution in [0.25, 0.3) is 66.8 Å². The number of benzene rings is 6. The zero-order valence-electron chi connectivity index (χ0n) is 36.5. The second kappa shape index (κ2) is 18.7. The molecule has 0 bridgehead atoms. The summed E-state index contributed by atoms with van der Waals surface area (Å²) < 4.78 is 12.4. The summed E-state index contributed by atoms with van der Waals surface area (Å²) in [5, 5.41) is 47.4. The third-order valence-corrected chi connectivity index (χ3v) is 11.3. The molecule has 4 aromatic rings. The van der Waals surface area contributed by atoms with Crippen LogP contribution >= 0.6 is 0 Å². The monoisotopic (exact) mass is 912 g/mol. The Labute approximate surface area is 385 Å².